The number of fused-ring (bicyclic) bond motifs is 1. The fourth-order valence-corrected chi connectivity index (χ4v) is 2.14. The van der Waals surface area contributed by atoms with Gasteiger partial charge in [0.15, 0.2) is 11.5 Å². The van der Waals surface area contributed by atoms with Crippen LogP contribution in [0.25, 0.3) is 5.65 Å². The van der Waals surface area contributed by atoms with Gasteiger partial charge in [-0.3, -0.25) is 4.68 Å². The zero-order chi connectivity index (χ0) is 14.7. The Labute approximate surface area is 123 Å². The molecule has 0 aliphatic carbocycles. The predicted octanol–water partition coefficient (Wildman–Crippen LogP) is 1.90. The summed E-state index contributed by atoms with van der Waals surface area (Å²) in [6, 6.07) is 0. The fourth-order valence-electron chi connectivity index (χ4n) is 2.14. The first-order valence-electron chi connectivity index (χ1n) is 7.05. The van der Waals surface area contributed by atoms with Gasteiger partial charge >= 0.3 is 0 Å². The molecule has 0 fully saturated rings. The van der Waals surface area contributed by atoms with E-state index in [0.717, 1.165) is 35.8 Å². The number of hydrogen-bond acceptors (Lipinski definition) is 5. The third kappa shape index (κ3) is 2.96. The molecule has 0 aromatic carbocycles. The molecule has 21 heavy (non-hydrogen) atoms. The molecule has 0 saturated carbocycles. The highest BCUT2D eigenvalue weighted by Crippen LogP contribution is 2.17. The monoisotopic (exact) mass is 285 g/mol. The fraction of sp³-hybridized carbons (Fsp3) is 0.357. The maximum atomic E-state index is 4.60. The number of nitrogens with zero attached hydrogens (tertiary/aromatic N) is 5. The topological polar surface area (TPSA) is 72.1 Å². The van der Waals surface area contributed by atoms with Gasteiger partial charge in [-0.2, -0.15) is 5.10 Å². The van der Waals surface area contributed by atoms with E-state index in [1.54, 1.807) is 10.9 Å². The molecule has 0 aliphatic heterocycles. The molecular weight excluding hydrogens is 266 g/mol. The van der Waals surface area contributed by atoms with E-state index in [1.165, 1.54) is 0 Å². The van der Waals surface area contributed by atoms with E-state index in [9.17, 15) is 0 Å². The van der Waals surface area contributed by atoms with E-state index in [0.29, 0.717) is 6.54 Å². The van der Waals surface area contributed by atoms with Crippen LogP contribution >= 0.6 is 0 Å². The van der Waals surface area contributed by atoms with Crippen LogP contribution in [0.5, 0.6) is 0 Å². The van der Waals surface area contributed by atoms with Crippen LogP contribution < -0.4 is 10.6 Å². The quantitative estimate of drug-likeness (QED) is 0.723. The molecule has 3 heterocycles. The summed E-state index contributed by atoms with van der Waals surface area (Å²) in [4.78, 5) is 8.95. The summed E-state index contributed by atoms with van der Waals surface area (Å²) in [5.74, 6) is 1.61. The third-order valence-corrected chi connectivity index (χ3v) is 3.15. The number of aryl methyl sites for hydroxylation is 1. The summed E-state index contributed by atoms with van der Waals surface area (Å²) in [6.07, 6.45) is 10.5. The minimum atomic E-state index is 0.667. The molecule has 0 spiro atoms. The Balaban J connectivity index is 1.83. The van der Waals surface area contributed by atoms with Crippen molar-refractivity contribution in [3.8, 4) is 0 Å². The number of aromatic nitrogens is 5. The molecular formula is C14H19N7. The van der Waals surface area contributed by atoms with Gasteiger partial charge in [0.2, 0.25) is 0 Å². The summed E-state index contributed by atoms with van der Waals surface area (Å²) < 4.78 is 3.76. The number of nitrogens with one attached hydrogen (secondary N) is 2. The van der Waals surface area contributed by atoms with E-state index in [1.807, 2.05) is 36.2 Å². The Hall–Kier alpha value is -2.57. The number of imidazole rings is 1. The smallest absolute Gasteiger partial charge is 0.180 e. The molecule has 0 aliphatic rings. The van der Waals surface area contributed by atoms with Crippen molar-refractivity contribution < 1.29 is 0 Å². The van der Waals surface area contributed by atoms with Gasteiger partial charge < -0.3 is 15.0 Å². The summed E-state index contributed by atoms with van der Waals surface area (Å²) in [7, 11) is 1.91. The molecule has 110 valence electrons. The summed E-state index contributed by atoms with van der Waals surface area (Å²) >= 11 is 0. The lowest BCUT2D eigenvalue weighted by Gasteiger charge is -2.10. The van der Waals surface area contributed by atoms with Gasteiger partial charge in [-0.15, -0.1) is 0 Å². The van der Waals surface area contributed by atoms with Crippen LogP contribution in [-0.2, 0) is 13.6 Å². The van der Waals surface area contributed by atoms with Gasteiger partial charge in [0.25, 0.3) is 0 Å². The summed E-state index contributed by atoms with van der Waals surface area (Å²) in [6.45, 7) is 3.69. The Morgan fingerprint density at radius 2 is 2.14 bits per heavy atom. The van der Waals surface area contributed by atoms with Crippen molar-refractivity contribution in [2.24, 2.45) is 7.05 Å². The lowest BCUT2D eigenvalue weighted by Crippen LogP contribution is -2.08. The Kier molecular flexibility index (Phi) is 3.72. The van der Waals surface area contributed by atoms with Crippen molar-refractivity contribution in [2.75, 3.05) is 17.2 Å². The number of hydrogen-bond donors (Lipinski definition) is 2. The minimum Gasteiger partial charge on any atom is -0.369 e. The van der Waals surface area contributed by atoms with E-state index >= 15 is 0 Å². The zero-order valence-electron chi connectivity index (χ0n) is 12.2. The molecule has 0 bridgehead atoms. The van der Waals surface area contributed by atoms with Crippen LogP contribution in [0.4, 0.5) is 11.6 Å². The summed E-state index contributed by atoms with van der Waals surface area (Å²) in [5.41, 5.74) is 1.93. The molecule has 2 N–H and O–H groups in total. The SMILES string of the molecule is CCCNc1cn2ccnc2c(NCc2cnn(C)c2)n1. The second-order valence-corrected chi connectivity index (χ2v) is 4.94. The van der Waals surface area contributed by atoms with Gasteiger partial charge in [-0.05, 0) is 6.42 Å². The molecule has 7 nitrogen and oxygen atoms in total. The molecule has 3 aromatic rings. The molecule has 0 radical (unpaired) electrons. The van der Waals surface area contributed by atoms with E-state index in [4.69, 9.17) is 0 Å². The van der Waals surface area contributed by atoms with Gasteiger partial charge in [-0.25, -0.2) is 9.97 Å². The highest BCUT2D eigenvalue weighted by atomic mass is 15.2. The Morgan fingerprint density at radius 3 is 2.90 bits per heavy atom. The van der Waals surface area contributed by atoms with Crippen LogP contribution in [0.2, 0.25) is 0 Å². The minimum absolute atomic E-state index is 0.667. The molecule has 7 heteroatoms. The van der Waals surface area contributed by atoms with Crippen LogP contribution in [0.1, 0.15) is 18.9 Å². The molecule has 0 saturated heterocycles. The first-order valence-corrected chi connectivity index (χ1v) is 7.05. The zero-order valence-corrected chi connectivity index (χ0v) is 12.2. The van der Waals surface area contributed by atoms with Crippen molar-refractivity contribution in [1.82, 2.24) is 24.1 Å². The normalized spacial score (nSPS) is 11.0. The van der Waals surface area contributed by atoms with Crippen LogP contribution in [-0.4, -0.2) is 30.7 Å². The van der Waals surface area contributed by atoms with Gasteiger partial charge in [0.1, 0.15) is 5.82 Å². The van der Waals surface area contributed by atoms with Crippen molar-refractivity contribution in [3.05, 3.63) is 36.5 Å². The van der Waals surface area contributed by atoms with Crippen molar-refractivity contribution in [1.29, 1.82) is 0 Å². The first-order chi connectivity index (χ1) is 10.3. The van der Waals surface area contributed by atoms with Crippen LogP contribution in [0, 0.1) is 0 Å². The van der Waals surface area contributed by atoms with Crippen molar-refractivity contribution in [3.63, 3.8) is 0 Å². The second-order valence-electron chi connectivity index (χ2n) is 4.94. The lowest BCUT2D eigenvalue weighted by atomic mass is 10.3. The molecule has 0 unspecified atom stereocenters. The molecule has 0 amide bonds. The summed E-state index contributed by atoms with van der Waals surface area (Å²) in [5, 5.41) is 10.8. The van der Waals surface area contributed by atoms with E-state index in [2.05, 4.69) is 32.6 Å². The van der Waals surface area contributed by atoms with Crippen molar-refractivity contribution in [2.45, 2.75) is 19.9 Å². The molecule has 0 atom stereocenters. The largest absolute Gasteiger partial charge is 0.369 e. The highest BCUT2D eigenvalue weighted by Gasteiger charge is 2.07. The lowest BCUT2D eigenvalue weighted by molar-refractivity contribution is 0.767. The Morgan fingerprint density at radius 1 is 1.24 bits per heavy atom. The molecule has 3 aromatic heterocycles. The van der Waals surface area contributed by atoms with Gasteiger partial charge in [-0.1, -0.05) is 6.92 Å². The number of rotatable bonds is 6. The van der Waals surface area contributed by atoms with Gasteiger partial charge in [0, 0.05) is 44.3 Å². The second kappa shape index (κ2) is 5.82. The van der Waals surface area contributed by atoms with E-state index < -0.39 is 0 Å². The van der Waals surface area contributed by atoms with Crippen molar-refractivity contribution >= 4 is 17.3 Å². The maximum absolute atomic E-state index is 4.60. The third-order valence-electron chi connectivity index (χ3n) is 3.15. The van der Waals surface area contributed by atoms with Gasteiger partial charge in [0.05, 0.1) is 12.4 Å². The standard InChI is InChI=1S/C14H19N7/c1-3-4-15-12-10-21-6-5-16-14(21)13(19-12)17-7-11-8-18-20(2)9-11/h5-6,8-10,15H,3-4,7H2,1-2H3,(H,17,19). The average molecular weight is 285 g/mol. The average Bonchev–Trinajstić information content (AvgIpc) is 3.11. The highest BCUT2D eigenvalue weighted by molar-refractivity contribution is 5.65. The van der Waals surface area contributed by atoms with E-state index in [-0.39, 0.29) is 0 Å². The maximum Gasteiger partial charge on any atom is 0.180 e. The Bertz CT molecular complexity index is 728. The predicted molar refractivity (Wildman–Crippen MR) is 82.3 cm³/mol. The van der Waals surface area contributed by atoms with Crippen LogP contribution in [0.3, 0.4) is 0 Å². The van der Waals surface area contributed by atoms with Crippen LogP contribution in [0.15, 0.2) is 31.0 Å². The molecule has 3 rings (SSSR count). The number of anilines is 2. The first kappa shape index (κ1) is 13.4.